The van der Waals surface area contributed by atoms with Crippen LogP contribution in [-0.2, 0) is 4.79 Å². The molecule has 0 atom stereocenters. The zero-order valence-electron chi connectivity index (χ0n) is 15.0. The molecule has 2 aromatic rings. The van der Waals surface area contributed by atoms with Crippen LogP contribution in [0.25, 0.3) is 6.08 Å². The summed E-state index contributed by atoms with van der Waals surface area (Å²) in [6, 6.07) is 15.0. The second kappa shape index (κ2) is 8.83. The van der Waals surface area contributed by atoms with E-state index in [0.717, 1.165) is 18.7 Å². The number of anilines is 2. The van der Waals surface area contributed by atoms with Crippen LogP contribution in [0.4, 0.5) is 11.4 Å². The minimum Gasteiger partial charge on any atom is -0.372 e. The van der Waals surface area contributed by atoms with Crippen LogP contribution in [0.5, 0.6) is 0 Å². The zero-order valence-corrected chi connectivity index (χ0v) is 15.0. The van der Waals surface area contributed by atoms with Gasteiger partial charge in [-0.1, -0.05) is 18.2 Å². The molecule has 0 fully saturated rings. The first-order chi connectivity index (χ1) is 12.0. The van der Waals surface area contributed by atoms with Crippen LogP contribution in [0.2, 0.25) is 0 Å². The molecule has 4 heteroatoms. The molecule has 0 bridgehead atoms. The highest BCUT2D eigenvalue weighted by atomic mass is 16.1. The predicted octanol–water partition coefficient (Wildman–Crippen LogP) is 4.39. The van der Waals surface area contributed by atoms with Crippen LogP contribution >= 0.6 is 0 Å². The fourth-order valence-electron chi connectivity index (χ4n) is 2.57. The average Bonchev–Trinajstić information content (AvgIpc) is 2.62. The first-order valence-corrected chi connectivity index (χ1v) is 8.48. The van der Waals surface area contributed by atoms with E-state index in [4.69, 9.17) is 0 Å². The van der Waals surface area contributed by atoms with Crippen molar-refractivity contribution in [3.8, 4) is 0 Å². The number of carbonyl (C=O) groups is 2. The van der Waals surface area contributed by atoms with Gasteiger partial charge in [0.15, 0.2) is 5.78 Å². The molecule has 25 heavy (non-hydrogen) atoms. The van der Waals surface area contributed by atoms with Crippen LogP contribution < -0.4 is 10.2 Å². The molecule has 2 rings (SSSR count). The van der Waals surface area contributed by atoms with E-state index in [0.29, 0.717) is 11.3 Å². The summed E-state index contributed by atoms with van der Waals surface area (Å²) in [7, 11) is 0. The molecule has 0 aromatic heterocycles. The van der Waals surface area contributed by atoms with Crippen molar-refractivity contribution in [1.29, 1.82) is 0 Å². The maximum atomic E-state index is 12.2. The molecule has 0 radical (unpaired) electrons. The number of hydrogen-bond donors (Lipinski definition) is 1. The normalized spacial score (nSPS) is 10.7. The van der Waals surface area contributed by atoms with Gasteiger partial charge in [-0.15, -0.1) is 0 Å². The Hall–Kier alpha value is -2.88. The predicted molar refractivity (Wildman–Crippen MR) is 104 cm³/mol. The summed E-state index contributed by atoms with van der Waals surface area (Å²) in [5, 5.41) is 2.68. The standard InChI is InChI=1S/C21H24N2O2/c1-4-23(5-2)20-13-6-17(7-14-20)8-15-21(25)18-9-11-19(12-10-18)22-16(3)24/h6-15H,4-5H2,1-3H3,(H,22,24)/b15-8+. The summed E-state index contributed by atoms with van der Waals surface area (Å²) in [6.07, 6.45) is 3.38. The van der Waals surface area contributed by atoms with Crippen molar-refractivity contribution in [3.63, 3.8) is 0 Å². The largest absolute Gasteiger partial charge is 0.372 e. The number of rotatable bonds is 7. The van der Waals surface area contributed by atoms with Gasteiger partial charge in [-0.2, -0.15) is 0 Å². The molecule has 0 spiro atoms. The van der Waals surface area contributed by atoms with Gasteiger partial charge in [0, 0.05) is 37.0 Å². The maximum Gasteiger partial charge on any atom is 0.221 e. The minimum atomic E-state index is -0.132. The van der Waals surface area contributed by atoms with Crippen molar-refractivity contribution in [1.82, 2.24) is 0 Å². The first kappa shape index (κ1) is 18.5. The lowest BCUT2D eigenvalue weighted by Crippen LogP contribution is -2.21. The molecule has 0 aliphatic heterocycles. The van der Waals surface area contributed by atoms with Crippen LogP contribution in [-0.4, -0.2) is 24.8 Å². The van der Waals surface area contributed by atoms with E-state index in [9.17, 15) is 9.59 Å². The van der Waals surface area contributed by atoms with Crippen molar-refractivity contribution >= 4 is 29.1 Å². The average molecular weight is 336 g/mol. The number of allylic oxidation sites excluding steroid dienone is 1. The summed E-state index contributed by atoms with van der Waals surface area (Å²) >= 11 is 0. The molecule has 0 saturated heterocycles. The van der Waals surface area contributed by atoms with Gasteiger partial charge in [0.2, 0.25) is 5.91 Å². The van der Waals surface area contributed by atoms with E-state index in [2.05, 4.69) is 36.2 Å². The first-order valence-electron chi connectivity index (χ1n) is 8.48. The number of ketones is 1. The molecule has 0 heterocycles. The Balaban J connectivity index is 2.03. The van der Waals surface area contributed by atoms with Gasteiger partial charge in [-0.05, 0) is 61.9 Å². The summed E-state index contributed by atoms with van der Waals surface area (Å²) in [5.41, 5.74) is 3.44. The van der Waals surface area contributed by atoms with E-state index in [-0.39, 0.29) is 11.7 Å². The number of hydrogen-bond acceptors (Lipinski definition) is 3. The Morgan fingerprint density at radius 1 is 0.960 bits per heavy atom. The molecule has 0 saturated carbocycles. The molecular formula is C21H24N2O2. The SMILES string of the molecule is CCN(CC)c1ccc(/C=C/C(=O)c2ccc(NC(C)=O)cc2)cc1. The lowest BCUT2D eigenvalue weighted by molar-refractivity contribution is -0.114. The van der Waals surface area contributed by atoms with E-state index in [1.807, 2.05) is 18.2 Å². The molecule has 1 amide bonds. The van der Waals surface area contributed by atoms with Gasteiger partial charge >= 0.3 is 0 Å². The lowest BCUT2D eigenvalue weighted by atomic mass is 10.1. The second-order valence-electron chi connectivity index (χ2n) is 5.72. The number of nitrogens with one attached hydrogen (secondary N) is 1. The van der Waals surface area contributed by atoms with E-state index >= 15 is 0 Å². The Morgan fingerprint density at radius 2 is 1.56 bits per heavy atom. The lowest BCUT2D eigenvalue weighted by Gasteiger charge is -2.20. The Morgan fingerprint density at radius 3 is 2.08 bits per heavy atom. The highest BCUT2D eigenvalue weighted by Crippen LogP contribution is 2.16. The quantitative estimate of drug-likeness (QED) is 0.603. The summed E-state index contributed by atoms with van der Waals surface area (Å²) in [5.74, 6) is -0.200. The fourth-order valence-corrected chi connectivity index (χ4v) is 2.57. The Labute approximate surface area is 149 Å². The Bertz CT molecular complexity index is 742. The third-order valence-corrected chi connectivity index (χ3v) is 3.94. The zero-order chi connectivity index (χ0) is 18.2. The summed E-state index contributed by atoms with van der Waals surface area (Å²) in [4.78, 5) is 25.5. The van der Waals surface area contributed by atoms with Gasteiger partial charge in [-0.25, -0.2) is 0 Å². The van der Waals surface area contributed by atoms with Crippen LogP contribution in [0, 0.1) is 0 Å². The van der Waals surface area contributed by atoms with Crippen molar-refractivity contribution < 1.29 is 9.59 Å². The highest BCUT2D eigenvalue weighted by Gasteiger charge is 2.03. The molecule has 4 nitrogen and oxygen atoms in total. The van der Waals surface area contributed by atoms with Crippen LogP contribution in [0.1, 0.15) is 36.7 Å². The topological polar surface area (TPSA) is 49.4 Å². The fraction of sp³-hybridized carbons (Fsp3) is 0.238. The van der Waals surface area contributed by atoms with E-state index in [1.165, 1.54) is 12.6 Å². The minimum absolute atomic E-state index is 0.0674. The van der Waals surface area contributed by atoms with Crippen molar-refractivity contribution in [2.24, 2.45) is 0 Å². The van der Waals surface area contributed by atoms with E-state index in [1.54, 1.807) is 30.3 Å². The number of carbonyl (C=O) groups excluding carboxylic acids is 2. The molecular weight excluding hydrogens is 312 g/mol. The van der Waals surface area contributed by atoms with Crippen molar-refractivity contribution in [3.05, 3.63) is 65.7 Å². The molecule has 130 valence electrons. The second-order valence-corrected chi connectivity index (χ2v) is 5.72. The third-order valence-electron chi connectivity index (χ3n) is 3.94. The van der Waals surface area contributed by atoms with Gasteiger partial charge < -0.3 is 10.2 Å². The maximum absolute atomic E-state index is 12.2. The molecule has 0 aliphatic rings. The van der Waals surface area contributed by atoms with Crippen molar-refractivity contribution in [2.45, 2.75) is 20.8 Å². The third kappa shape index (κ3) is 5.31. The molecule has 0 unspecified atom stereocenters. The molecule has 0 aliphatic carbocycles. The van der Waals surface area contributed by atoms with Gasteiger partial charge in [0.05, 0.1) is 0 Å². The summed E-state index contributed by atoms with van der Waals surface area (Å²) < 4.78 is 0. The molecule has 2 aromatic carbocycles. The monoisotopic (exact) mass is 336 g/mol. The van der Waals surface area contributed by atoms with Crippen LogP contribution in [0.15, 0.2) is 54.6 Å². The summed E-state index contributed by atoms with van der Waals surface area (Å²) in [6.45, 7) is 7.66. The highest BCUT2D eigenvalue weighted by molar-refractivity contribution is 6.07. The number of benzene rings is 2. The van der Waals surface area contributed by atoms with Crippen molar-refractivity contribution in [2.75, 3.05) is 23.3 Å². The van der Waals surface area contributed by atoms with E-state index < -0.39 is 0 Å². The number of nitrogens with zero attached hydrogens (tertiary/aromatic N) is 1. The van der Waals surface area contributed by atoms with Gasteiger partial charge in [-0.3, -0.25) is 9.59 Å². The van der Waals surface area contributed by atoms with Gasteiger partial charge in [0.25, 0.3) is 0 Å². The van der Waals surface area contributed by atoms with Crippen LogP contribution in [0.3, 0.4) is 0 Å². The molecule has 1 N–H and O–H groups in total. The Kier molecular flexibility index (Phi) is 6.52. The van der Waals surface area contributed by atoms with Gasteiger partial charge in [0.1, 0.15) is 0 Å². The smallest absolute Gasteiger partial charge is 0.221 e. The number of amides is 1.